The van der Waals surface area contributed by atoms with Gasteiger partial charge in [0.15, 0.2) is 5.82 Å². The Kier molecular flexibility index (Phi) is 5.56. The van der Waals surface area contributed by atoms with Crippen molar-refractivity contribution in [1.82, 2.24) is 19.9 Å². The molecule has 1 unspecified atom stereocenters. The highest BCUT2D eigenvalue weighted by atomic mass is 19.1. The summed E-state index contributed by atoms with van der Waals surface area (Å²) in [5.41, 5.74) is 8.25. The molecule has 1 amide bonds. The number of carbonyl (C=O) groups is 1. The average molecular weight is 410 g/mol. The lowest BCUT2D eigenvalue weighted by molar-refractivity contribution is 0.0828. The number of aromatic nitrogens is 3. The van der Waals surface area contributed by atoms with Crippen molar-refractivity contribution in [3.8, 4) is 11.3 Å². The van der Waals surface area contributed by atoms with E-state index in [2.05, 4.69) is 21.9 Å². The van der Waals surface area contributed by atoms with Crippen LogP contribution in [0.4, 0.5) is 4.39 Å². The summed E-state index contributed by atoms with van der Waals surface area (Å²) in [4.78, 5) is 26.0. The molecule has 0 spiro atoms. The number of H-pyrrole nitrogens is 1. The zero-order valence-corrected chi connectivity index (χ0v) is 17.7. The molecule has 0 saturated heterocycles. The molecule has 1 aromatic carbocycles. The SMILES string of the molecule is CC1CCC(C(N)c2nc3c(F)c(-c4ncccc4C(=O)N(C)C)ccc3[nH]2)CC1. The maximum atomic E-state index is 15.5. The van der Waals surface area contributed by atoms with E-state index in [0.29, 0.717) is 28.5 Å². The molecule has 1 atom stereocenters. The molecule has 0 bridgehead atoms. The molecule has 1 fully saturated rings. The number of nitrogens with two attached hydrogens (primary N) is 1. The van der Waals surface area contributed by atoms with Crippen LogP contribution in [0, 0.1) is 17.7 Å². The van der Waals surface area contributed by atoms with Crippen molar-refractivity contribution in [1.29, 1.82) is 0 Å². The van der Waals surface area contributed by atoms with Crippen LogP contribution in [0.5, 0.6) is 0 Å². The molecule has 3 aromatic rings. The fourth-order valence-corrected chi connectivity index (χ4v) is 4.30. The predicted molar refractivity (Wildman–Crippen MR) is 115 cm³/mol. The van der Waals surface area contributed by atoms with Crippen LogP contribution in [0.2, 0.25) is 0 Å². The van der Waals surface area contributed by atoms with Crippen molar-refractivity contribution in [2.45, 2.75) is 38.6 Å². The van der Waals surface area contributed by atoms with E-state index < -0.39 is 5.82 Å². The van der Waals surface area contributed by atoms with Crippen molar-refractivity contribution < 1.29 is 9.18 Å². The molecule has 2 aromatic heterocycles. The van der Waals surface area contributed by atoms with Crippen LogP contribution in [0.1, 0.15) is 54.8 Å². The van der Waals surface area contributed by atoms with Crippen LogP contribution in [-0.4, -0.2) is 39.9 Å². The van der Waals surface area contributed by atoms with Gasteiger partial charge in [-0.25, -0.2) is 9.37 Å². The fraction of sp³-hybridized carbons (Fsp3) is 0.435. The van der Waals surface area contributed by atoms with Crippen LogP contribution in [-0.2, 0) is 0 Å². The Morgan fingerprint density at radius 3 is 2.67 bits per heavy atom. The van der Waals surface area contributed by atoms with Gasteiger partial charge in [0.05, 0.1) is 22.8 Å². The Morgan fingerprint density at radius 2 is 1.97 bits per heavy atom. The van der Waals surface area contributed by atoms with Gasteiger partial charge in [0.25, 0.3) is 5.91 Å². The van der Waals surface area contributed by atoms with Gasteiger partial charge in [-0.05, 0) is 48.9 Å². The third-order valence-corrected chi connectivity index (χ3v) is 6.19. The quantitative estimate of drug-likeness (QED) is 0.673. The summed E-state index contributed by atoms with van der Waals surface area (Å²) >= 11 is 0. The number of hydrogen-bond donors (Lipinski definition) is 2. The molecule has 1 aliphatic carbocycles. The first kappa shape index (κ1) is 20.5. The second kappa shape index (κ2) is 8.14. The van der Waals surface area contributed by atoms with Gasteiger partial charge in [-0.2, -0.15) is 0 Å². The highest BCUT2D eigenvalue weighted by molar-refractivity contribution is 6.00. The number of hydrogen-bond acceptors (Lipinski definition) is 4. The third-order valence-electron chi connectivity index (χ3n) is 6.19. The summed E-state index contributed by atoms with van der Waals surface area (Å²) < 4.78 is 15.5. The number of fused-ring (bicyclic) bond motifs is 1. The van der Waals surface area contributed by atoms with Crippen LogP contribution >= 0.6 is 0 Å². The van der Waals surface area contributed by atoms with Crippen molar-refractivity contribution >= 4 is 16.9 Å². The van der Waals surface area contributed by atoms with Gasteiger partial charge in [0.2, 0.25) is 0 Å². The van der Waals surface area contributed by atoms with E-state index in [9.17, 15) is 4.79 Å². The van der Waals surface area contributed by atoms with Crippen molar-refractivity contribution in [3.05, 3.63) is 47.7 Å². The summed E-state index contributed by atoms with van der Waals surface area (Å²) in [5, 5.41) is 0. The van der Waals surface area contributed by atoms with Crippen molar-refractivity contribution in [3.63, 3.8) is 0 Å². The molecule has 0 aliphatic heterocycles. The number of rotatable bonds is 4. The van der Waals surface area contributed by atoms with Gasteiger partial charge in [-0.15, -0.1) is 0 Å². The second-order valence-corrected chi connectivity index (χ2v) is 8.59. The molecular weight excluding hydrogens is 381 g/mol. The molecule has 7 heteroatoms. The largest absolute Gasteiger partial charge is 0.345 e. The number of amides is 1. The zero-order chi connectivity index (χ0) is 21.4. The van der Waals surface area contributed by atoms with E-state index in [1.165, 1.54) is 17.7 Å². The minimum atomic E-state index is -0.494. The molecule has 4 rings (SSSR count). The number of nitrogens with zero attached hydrogens (tertiary/aromatic N) is 3. The predicted octanol–water partition coefficient (Wildman–Crippen LogP) is 4.29. The lowest BCUT2D eigenvalue weighted by atomic mass is 9.79. The molecule has 2 heterocycles. The molecule has 3 N–H and O–H groups in total. The van der Waals surface area contributed by atoms with Crippen LogP contribution < -0.4 is 5.73 Å². The Labute approximate surface area is 175 Å². The monoisotopic (exact) mass is 409 g/mol. The van der Waals surface area contributed by atoms with E-state index in [-0.39, 0.29) is 23.0 Å². The number of aromatic amines is 1. The maximum absolute atomic E-state index is 15.5. The molecule has 30 heavy (non-hydrogen) atoms. The van der Waals surface area contributed by atoms with Crippen LogP contribution in [0.3, 0.4) is 0 Å². The van der Waals surface area contributed by atoms with E-state index >= 15 is 4.39 Å². The zero-order valence-electron chi connectivity index (χ0n) is 17.7. The van der Waals surface area contributed by atoms with Crippen LogP contribution in [0.15, 0.2) is 30.5 Å². The Balaban J connectivity index is 1.72. The Hall–Kier alpha value is -2.80. The van der Waals surface area contributed by atoms with Gasteiger partial charge in [-0.3, -0.25) is 9.78 Å². The van der Waals surface area contributed by atoms with Crippen LogP contribution in [0.25, 0.3) is 22.3 Å². The first-order chi connectivity index (χ1) is 14.4. The van der Waals surface area contributed by atoms with Gasteiger partial charge in [0.1, 0.15) is 11.3 Å². The van der Waals surface area contributed by atoms with Crippen molar-refractivity contribution in [2.75, 3.05) is 14.1 Å². The highest BCUT2D eigenvalue weighted by Gasteiger charge is 2.28. The van der Waals surface area contributed by atoms with Gasteiger partial charge >= 0.3 is 0 Å². The molecular formula is C23H28FN5O. The van der Waals surface area contributed by atoms with E-state index in [4.69, 9.17) is 5.73 Å². The smallest absolute Gasteiger partial charge is 0.255 e. The van der Waals surface area contributed by atoms with Gasteiger partial charge < -0.3 is 15.6 Å². The lowest BCUT2D eigenvalue weighted by Crippen LogP contribution is -2.26. The number of pyridine rings is 1. The molecule has 1 saturated carbocycles. The topological polar surface area (TPSA) is 87.9 Å². The Bertz CT molecular complexity index is 1070. The summed E-state index contributed by atoms with van der Waals surface area (Å²) in [6, 6.07) is 6.51. The molecule has 1 aliphatic rings. The number of nitrogens with one attached hydrogen (secondary N) is 1. The lowest BCUT2D eigenvalue weighted by Gasteiger charge is -2.29. The fourth-order valence-electron chi connectivity index (χ4n) is 4.30. The summed E-state index contributed by atoms with van der Waals surface area (Å²) in [6.45, 7) is 2.27. The highest BCUT2D eigenvalue weighted by Crippen LogP contribution is 2.36. The molecule has 6 nitrogen and oxygen atoms in total. The van der Waals surface area contributed by atoms with Gasteiger partial charge in [-0.1, -0.05) is 19.8 Å². The standard InChI is InChI=1S/C23H28FN5O/c1-13-6-8-14(9-7-13)19(25)22-27-17-11-10-15(18(24)21(17)28-22)20-16(5-4-12-26-20)23(30)29(2)3/h4-5,10-14,19H,6-9,25H2,1-3H3,(H,27,28). The Morgan fingerprint density at radius 1 is 1.23 bits per heavy atom. The first-order valence-corrected chi connectivity index (χ1v) is 10.5. The second-order valence-electron chi connectivity index (χ2n) is 8.59. The maximum Gasteiger partial charge on any atom is 0.255 e. The molecule has 0 radical (unpaired) electrons. The molecule has 158 valence electrons. The van der Waals surface area contributed by atoms with E-state index in [1.54, 1.807) is 44.6 Å². The normalized spacial score (nSPS) is 20.3. The number of carbonyl (C=O) groups excluding carboxylic acids is 1. The van der Waals surface area contributed by atoms with E-state index in [1.807, 2.05) is 0 Å². The number of imidazole rings is 1. The minimum Gasteiger partial charge on any atom is -0.345 e. The average Bonchev–Trinajstić information content (AvgIpc) is 3.19. The minimum absolute atomic E-state index is 0.228. The number of halogens is 1. The third kappa shape index (κ3) is 3.69. The van der Waals surface area contributed by atoms with E-state index in [0.717, 1.165) is 18.8 Å². The van der Waals surface area contributed by atoms with Crippen molar-refractivity contribution in [2.24, 2.45) is 17.6 Å². The van der Waals surface area contributed by atoms with Gasteiger partial charge in [0, 0.05) is 25.9 Å². The first-order valence-electron chi connectivity index (χ1n) is 10.5. The summed E-state index contributed by atoms with van der Waals surface area (Å²) in [6.07, 6.45) is 6.02. The summed E-state index contributed by atoms with van der Waals surface area (Å²) in [7, 11) is 3.32. The number of benzene rings is 1. The summed E-state index contributed by atoms with van der Waals surface area (Å²) in [5.74, 6) is 0.983.